The summed E-state index contributed by atoms with van der Waals surface area (Å²) in [7, 11) is 0. The normalized spacial score (nSPS) is 10.8. The maximum atomic E-state index is 11.8. The van der Waals surface area contributed by atoms with Crippen molar-refractivity contribution in [2.75, 3.05) is 0 Å². The predicted octanol–water partition coefficient (Wildman–Crippen LogP) is 3.62. The minimum absolute atomic E-state index is 0.429. The summed E-state index contributed by atoms with van der Waals surface area (Å²) in [4.78, 5) is 16.4. The first-order chi connectivity index (χ1) is 10.0. The van der Waals surface area contributed by atoms with Crippen molar-refractivity contribution in [2.45, 2.75) is 13.8 Å². The summed E-state index contributed by atoms with van der Waals surface area (Å²) in [6.45, 7) is 4.02. The highest BCUT2D eigenvalue weighted by Crippen LogP contribution is 2.26. The smallest absolute Gasteiger partial charge is 0.249 e. The number of aryl methyl sites for hydroxylation is 2. The molecule has 0 saturated heterocycles. The van der Waals surface area contributed by atoms with Gasteiger partial charge in [0.25, 0.3) is 0 Å². The molecule has 0 radical (unpaired) electrons. The van der Waals surface area contributed by atoms with Crippen molar-refractivity contribution in [2.24, 2.45) is 5.73 Å². The Morgan fingerprint density at radius 3 is 2.48 bits per heavy atom. The molecule has 0 fully saturated rings. The molecule has 2 aromatic carbocycles. The number of carbonyl (C=O) groups excluding carboxylic acids is 1. The Balaban J connectivity index is 2.31. The van der Waals surface area contributed by atoms with Gasteiger partial charge in [-0.05, 0) is 38.1 Å². The first-order valence-electron chi connectivity index (χ1n) is 6.83. The maximum absolute atomic E-state index is 11.8. The van der Waals surface area contributed by atoms with Gasteiger partial charge in [0, 0.05) is 10.9 Å². The van der Waals surface area contributed by atoms with Gasteiger partial charge in [-0.3, -0.25) is 4.79 Å². The van der Waals surface area contributed by atoms with Crippen LogP contribution in [0.25, 0.3) is 22.2 Å². The number of carbonyl (C=O) groups is 1. The molecule has 0 aliphatic carbocycles. The standard InChI is InChI=1S/C18H16N2O/c1-11-4-3-5-13(8-11)17-10-15(18(19)21)14-9-12(2)6-7-16(14)20-17/h3-10H,1-2H3,(H2,19,21). The Bertz CT molecular complexity index is 853. The van der Waals surface area contributed by atoms with Crippen LogP contribution in [0.2, 0.25) is 0 Å². The van der Waals surface area contributed by atoms with Crippen LogP contribution in [0.1, 0.15) is 21.5 Å². The SMILES string of the molecule is Cc1cccc(-c2cc(C(N)=O)c3cc(C)ccc3n2)c1. The van der Waals surface area contributed by atoms with E-state index in [1.807, 2.05) is 56.3 Å². The van der Waals surface area contributed by atoms with Crippen LogP contribution in [0, 0.1) is 13.8 Å². The Kier molecular flexibility index (Phi) is 3.18. The summed E-state index contributed by atoms with van der Waals surface area (Å²) in [5.74, 6) is -0.429. The number of benzene rings is 2. The lowest BCUT2D eigenvalue weighted by molar-refractivity contribution is 0.100. The Labute approximate surface area is 123 Å². The van der Waals surface area contributed by atoms with Crippen LogP contribution >= 0.6 is 0 Å². The van der Waals surface area contributed by atoms with Crippen LogP contribution in [0.4, 0.5) is 0 Å². The third-order valence-corrected chi connectivity index (χ3v) is 3.54. The molecule has 3 aromatic rings. The van der Waals surface area contributed by atoms with E-state index in [0.717, 1.165) is 33.3 Å². The monoisotopic (exact) mass is 276 g/mol. The fraction of sp³-hybridized carbons (Fsp3) is 0.111. The molecule has 0 bridgehead atoms. The summed E-state index contributed by atoms with van der Waals surface area (Å²) >= 11 is 0. The van der Waals surface area contributed by atoms with Crippen molar-refractivity contribution in [3.05, 3.63) is 65.2 Å². The number of fused-ring (bicyclic) bond motifs is 1. The molecule has 3 nitrogen and oxygen atoms in total. The minimum Gasteiger partial charge on any atom is -0.366 e. The molecule has 2 N–H and O–H groups in total. The third kappa shape index (κ3) is 2.50. The molecule has 21 heavy (non-hydrogen) atoms. The van der Waals surface area contributed by atoms with Gasteiger partial charge in [-0.15, -0.1) is 0 Å². The second-order valence-electron chi connectivity index (χ2n) is 5.31. The molecular formula is C18H16N2O. The number of rotatable bonds is 2. The Morgan fingerprint density at radius 2 is 1.76 bits per heavy atom. The summed E-state index contributed by atoms with van der Waals surface area (Å²) < 4.78 is 0. The molecule has 3 rings (SSSR count). The highest BCUT2D eigenvalue weighted by Gasteiger charge is 2.11. The van der Waals surface area contributed by atoms with E-state index in [-0.39, 0.29) is 0 Å². The van der Waals surface area contributed by atoms with E-state index in [1.165, 1.54) is 0 Å². The van der Waals surface area contributed by atoms with Crippen LogP contribution in [0.3, 0.4) is 0 Å². The predicted molar refractivity (Wildman–Crippen MR) is 85.2 cm³/mol. The van der Waals surface area contributed by atoms with Crippen LogP contribution in [-0.2, 0) is 0 Å². The topological polar surface area (TPSA) is 56.0 Å². The van der Waals surface area contributed by atoms with Crippen molar-refractivity contribution in [1.29, 1.82) is 0 Å². The average Bonchev–Trinajstić information content (AvgIpc) is 2.46. The third-order valence-electron chi connectivity index (χ3n) is 3.54. The molecule has 3 heteroatoms. The zero-order chi connectivity index (χ0) is 15.0. The number of nitrogens with two attached hydrogens (primary N) is 1. The molecule has 0 saturated carbocycles. The van der Waals surface area contributed by atoms with Gasteiger partial charge < -0.3 is 5.73 Å². The summed E-state index contributed by atoms with van der Waals surface area (Å²) in [5.41, 5.74) is 10.8. The van der Waals surface area contributed by atoms with Crippen molar-refractivity contribution >= 4 is 16.8 Å². The number of hydrogen-bond donors (Lipinski definition) is 1. The van der Waals surface area contributed by atoms with Gasteiger partial charge in [0.15, 0.2) is 0 Å². The first-order valence-corrected chi connectivity index (χ1v) is 6.83. The minimum atomic E-state index is -0.429. The Morgan fingerprint density at radius 1 is 1.00 bits per heavy atom. The van der Waals surface area contributed by atoms with E-state index in [1.54, 1.807) is 6.07 Å². The van der Waals surface area contributed by atoms with Crippen molar-refractivity contribution in [1.82, 2.24) is 4.98 Å². The van der Waals surface area contributed by atoms with Gasteiger partial charge in [0.1, 0.15) is 0 Å². The van der Waals surface area contributed by atoms with Gasteiger partial charge in [-0.25, -0.2) is 4.98 Å². The van der Waals surface area contributed by atoms with E-state index in [2.05, 4.69) is 4.98 Å². The molecule has 104 valence electrons. The van der Waals surface area contributed by atoms with E-state index < -0.39 is 5.91 Å². The van der Waals surface area contributed by atoms with E-state index in [9.17, 15) is 4.79 Å². The number of hydrogen-bond acceptors (Lipinski definition) is 2. The largest absolute Gasteiger partial charge is 0.366 e. The van der Waals surface area contributed by atoms with Gasteiger partial charge in [0.2, 0.25) is 5.91 Å². The molecule has 0 aliphatic heterocycles. The number of nitrogens with zero attached hydrogens (tertiary/aromatic N) is 1. The second-order valence-corrected chi connectivity index (χ2v) is 5.31. The zero-order valence-corrected chi connectivity index (χ0v) is 12.1. The van der Waals surface area contributed by atoms with Crippen LogP contribution in [0.15, 0.2) is 48.5 Å². The van der Waals surface area contributed by atoms with Crippen LogP contribution < -0.4 is 5.73 Å². The van der Waals surface area contributed by atoms with E-state index >= 15 is 0 Å². The molecule has 1 heterocycles. The molecule has 0 aliphatic rings. The lowest BCUT2D eigenvalue weighted by Crippen LogP contribution is -2.12. The van der Waals surface area contributed by atoms with E-state index in [4.69, 9.17) is 5.73 Å². The van der Waals surface area contributed by atoms with Gasteiger partial charge in [0.05, 0.1) is 16.8 Å². The van der Waals surface area contributed by atoms with Crippen molar-refractivity contribution in [3.8, 4) is 11.3 Å². The molecule has 1 amide bonds. The van der Waals surface area contributed by atoms with Gasteiger partial charge in [-0.1, -0.05) is 35.4 Å². The highest BCUT2D eigenvalue weighted by atomic mass is 16.1. The van der Waals surface area contributed by atoms with Crippen molar-refractivity contribution in [3.63, 3.8) is 0 Å². The van der Waals surface area contributed by atoms with Crippen molar-refractivity contribution < 1.29 is 4.79 Å². The lowest BCUT2D eigenvalue weighted by Gasteiger charge is -2.09. The van der Waals surface area contributed by atoms with Gasteiger partial charge in [-0.2, -0.15) is 0 Å². The molecule has 0 atom stereocenters. The number of pyridine rings is 1. The molecule has 1 aromatic heterocycles. The van der Waals surface area contributed by atoms with E-state index in [0.29, 0.717) is 5.56 Å². The summed E-state index contributed by atoms with van der Waals surface area (Å²) in [5, 5.41) is 0.805. The molecule has 0 spiro atoms. The Hall–Kier alpha value is -2.68. The summed E-state index contributed by atoms with van der Waals surface area (Å²) in [6, 6.07) is 15.7. The fourth-order valence-electron chi connectivity index (χ4n) is 2.50. The number of primary amides is 1. The lowest BCUT2D eigenvalue weighted by atomic mass is 10.0. The van der Waals surface area contributed by atoms with Crippen LogP contribution in [-0.4, -0.2) is 10.9 Å². The molecular weight excluding hydrogens is 260 g/mol. The first kappa shape index (κ1) is 13.3. The van der Waals surface area contributed by atoms with Crippen LogP contribution in [0.5, 0.6) is 0 Å². The highest BCUT2D eigenvalue weighted by molar-refractivity contribution is 6.06. The average molecular weight is 276 g/mol. The zero-order valence-electron chi connectivity index (χ0n) is 12.1. The number of aromatic nitrogens is 1. The quantitative estimate of drug-likeness (QED) is 0.777. The van der Waals surface area contributed by atoms with Gasteiger partial charge >= 0.3 is 0 Å². The number of amides is 1. The maximum Gasteiger partial charge on any atom is 0.249 e. The summed E-state index contributed by atoms with van der Waals surface area (Å²) in [6.07, 6.45) is 0. The molecule has 0 unspecified atom stereocenters. The second kappa shape index (κ2) is 5.02. The fourth-order valence-corrected chi connectivity index (χ4v) is 2.50.